The molecule has 1 radical (unpaired) electrons. The first-order valence-electron chi connectivity index (χ1n) is 4.10. The maximum Gasteiger partial charge on any atom is 0.223 e. The summed E-state index contributed by atoms with van der Waals surface area (Å²) in [6.45, 7) is 8.06. The topological polar surface area (TPSA) is 37.4 Å². The molecule has 1 amide bonds. The Morgan fingerprint density at radius 3 is 2.23 bits per heavy atom. The fourth-order valence-corrected chi connectivity index (χ4v) is 0.906. The summed E-state index contributed by atoms with van der Waals surface area (Å²) in [6, 6.07) is 0. The number of hydrogen-bond acceptors (Lipinski definition) is 2. The summed E-state index contributed by atoms with van der Waals surface area (Å²) in [5, 5.41) is 0. The maximum atomic E-state index is 11.3. The van der Waals surface area contributed by atoms with Crippen LogP contribution in [-0.2, 0) is 9.59 Å². The maximum absolute atomic E-state index is 11.3. The van der Waals surface area contributed by atoms with Gasteiger partial charge < -0.3 is 4.90 Å². The Morgan fingerprint density at radius 2 is 1.85 bits per heavy atom. The zero-order valence-corrected chi connectivity index (χ0v) is 7.66. The van der Waals surface area contributed by atoms with Gasteiger partial charge in [0.2, 0.25) is 5.91 Å². The van der Waals surface area contributed by atoms with Crippen molar-refractivity contribution < 1.29 is 9.59 Å². The van der Waals surface area contributed by atoms with Crippen molar-refractivity contribution in [2.45, 2.75) is 12.8 Å². The van der Waals surface area contributed by atoms with Crippen molar-refractivity contribution in [2.24, 2.45) is 0 Å². The van der Waals surface area contributed by atoms with Crippen LogP contribution in [0, 0.1) is 0 Å². The van der Waals surface area contributed by atoms with E-state index in [4.69, 9.17) is 0 Å². The van der Waals surface area contributed by atoms with Crippen molar-refractivity contribution in [1.29, 1.82) is 0 Å². The molecule has 0 aromatic rings. The van der Waals surface area contributed by atoms with E-state index in [2.05, 4.69) is 13.2 Å². The second kappa shape index (κ2) is 7.28. The van der Waals surface area contributed by atoms with Crippen molar-refractivity contribution >= 4 is 12.2 Å². The zero-order valence-electron chi connectivity index (χ0n) is 7.66. The SMILES string of the molecule is C=CCN(CC=C)C(=O)CC[C]=O. The van der Waals surface area contributed by atoms with Crippen molar-refractivity contribution in [2.75, 3.05) is 13.1 Å². The highest BCUT2D eigenvalue weighted by Crippen LogP contribution is 1.97. The van der Waals surface area contributed by atoms with E-state index < -0.39 is 0 Å². The largest absolute Gasteiger partial charge is 0.335 e. The molecule has 71 valence electrons. The molecule has 3 heteroatoms. The molecule has 0 rings (SSSR count). The molecular weight excluding hydrogens is 166 g/mol. The average Bonchev–Trinajstić information content (AvgIpc) is 2.14. The lowest BCUT2D eigenvalue weighted by molar-refractivity contribution is -0.130. The predicted octanol–water partition coefficient (Wildman–Crippen LogP) is 1.08. The third kappa shape index (κ3) is 4.95. The van der Waals surface area contributed by atoms with E-state index in [1.54, 1.807) is 23.3 Å². The highest BCUT2D eigenvalue weighted by atomic mass is 16.2. The first kappa shape index (κ1) is 11.6. The van der Waals surface area contributed by atoms with Crippen LogP contribution in [0.25, 0.3) is 0 Å². The third-order valence-electron chi connectivity index (χ3n) is 1.49. The molecule has 0 saturated heterocycles. The second-order valence-corrected chi connectivity index (χ2v) is 2.52. The molecule has 0 bridgehead atoms. The number of carbonyl (C=O) groups excluding carboxylic acids is 2. The molecule has 0 fully saturated rings. The molecule has 0 atom stereocenters. The van der Waals surface area contributed by atoms with Gasteiger partial charge in [-0.2, -0.15) is 0 Å². The molecule has 0 spiro atoms. The Kier molecular flexibility index (Phi) is 6.51. The third-order valence-corrected chi connectivity index (χ3v) is 1.49. The van der Waals surface area contributed by atoms with E-state index >= 15 is 0 Å². The highest BCUT2D eigenvalue weighted by Gasteiger charge is 2.09. The zero-order chi connectivity index (χ0) is 10.1. The number of amides is 1. The van der Waals surface area contributed by atoms with Gasteiger partial charge in [0.1, 0.15) is 0 Å². The first-order chi connectivity index (χ1) is 6.26. The molecule has 0 heterocycles. The summed E-state index contributed by atoms with van der Waals surface area (Å²) >= 11 is 0. The summed E-state index contributed by atoms with van der Waals surface area (Å²) in [5.41, 5.74) is 0. The predicted molar refractivity (Wildman–Crippen MR) is 51.9 cm³/mol. The van der Waals surface area contributed by atoms with Crippen LogP contribution in [0.3, 0.4) is 0 Å². The van der Waals surface area contributed by atoms with Crippen LogP contribution in [0.1, 0.15) is 12.8 Å². The molecule has 13 heavy (non-hydrogen) atoms. The van der Waals surface area contributed by atoms with Gasteiger partial charge in [-0.15, -0.1) is 13.2 Å². The molecule has 0 saturated carbocycles. The number of rotatable bonds is 7. The van der Waals surface area contributed by atoms with E-state index in [0.717, 1.165) is 0 Å². The molecule has 0 aromatic carbocycles. The molecular formula is C10H14NO2. The number of nitrogens with zero attached hydrogens (tertiary/aromatic N) is 1. The molecule has 0 aliphatic rings. The van der Waals surface area contributed by atoms with Crippen LogP contribution in [-0.4, -0.2) is 30.2 Å². The number of carbonyl (C=O) groups is 1. The first-order valence-corrected chi connectivity index (χ1v) is 4.10. The summed E-state index contributed by atoms with van der Waals surface area (Å²) in [4.78, 5) is 22.8. The van der Waals surface area contributed by atoms with Gasteiger partial charge in [0.05, 0.1) is 0 Å². The quantitative estimate of drug-likeness (QED) is 0.550. The van der Waals surface area contributed by atoms with Gasteiger partial charge in [0.25, 0.3) is 0 Å². The van der Waals surface area contributed by atoms with Gasteiger partial charge in [-0.05, 0) is 0 Å². The Labute approximate surface area is 78.7 Å². The van der Waals surface area contributed by atoms with Gasteiger partial charge in [0.15, 0.2) is 6.29 Å². The molecule has 0 N–H and O–H groups in total. The van der Waals surface area contributed by atoms with Gasteiger partial charge in [0, 0.05) is 25.9 Å². The van der Waals surface area contributed by atoms with E-state index in [-0.39, 0.29) is 18.7 Å². The van der Waals surface area contributed by atoms with Crippen molar-refractivity contribution in [1.82, 2.24) is 4.90 Å². The van der Waals surface area contributed by atoms with Crippen LogP contribution in [0.15, 0.2) is 25.3 Å². The molecule has 0 aliphatic heterocycles. The van der Waals surface area contributed by atoms with Gasteiger partial charge in [-0.25, -0.2) is 0 Å². The smallest absolute Gasteiger partial charge is 0.223 e. The lowest BCUT2D eigenvalue weighted by Gasteiger charge is -2.18. The minimum Gasteiger partial charge on any atom is -0.335 e. The molecule has 0 unspecified atom stereocenters. The van der Waals surface area contributed by atoms with E-state index in [1.165, 1.54) is 0 Å². The Hall–Kier alpha value is -1.38. The van der Waals surface area contributed by atoms with Crippen molar-refractivity contribution in [3.63, 3.8) is 0 Å². The Morgan fingerprint density at radius 1 is 1.31 bits per heavy atom. The summed E-state index contributed by atoms with van der Waals surface area (Å²) < 4.78 is 0. The van der Waals surface area contributed by atoms with Crippen LogP contribution in [0.2, 0.25) is 0 Å². The number of hydrogen-bond donors (Lipinski definition) is 0. The van der Waals surface area contributed by atoms with E-state index in [0.29, 0.717) is 13.1 Å². The molecule has 0 aliphatic carbocycles. The summed E-state index contributed by atoms with van der Waals surface area (Å²) in [6.07, 6.45) is 5.35. The van der Waals surface area contributed by atoms with Gasteiger partial charge in [-0.3, -0.25) is 9.59 Å². The highest BCUT2D eigenvalue weighted by molar-refractivity contribution is 5.78. The van der Waals surface area contributed by atoms with Crippen LogP contribution in [0.5, 0.6) is 0 Å². The van der Waals surface area contributed by atoms with Gasteiger partial charge >= 0.3 is 0 Å². The minimum atomic E-state index is -0.0665. The second-order valence-electron chi connectivity index (χ2n) is 2.52. The Bertz CT molecular complexity index is 189. The van der Waals surface area contributed by atoms with Crippen LogP contribution >= 0.6 is 0 Å². The Balaban J connectivity index is 4.00. The fourth-order valence-electron chi connectivity index (χ4n) is 0.906. The molecule has 3 nitrogen and oxygen atoms in total. The standard InChI is InChI=1S/C10H14NO2/c1-3-7-11(8-4-2)10(13)6-5-9-12/h3-4H,1-2,5-8H2. The monoisotopic (exact) mass is 180 g/mol. The van der Waals surface area contributed by atoms with Crippen LogP contribution < -0.4 is 0 Å². The molecule has 0 aromatic heterocycles. The summed E-state index contributed by atoms with van der Waals surface area (Å²) in [5.74, 6) is -0.0665. The fraction of sp³-hybridized carbons (Fsp3) is 0.400. The van der Waals surface area contributed by atoms with Crippen molar-refractivity contribution in [3.05, 3.63) is 25.3 Å². The normalized spacial score (nSPS) is 8.92. The lowest BCUT2D eigenvalue weighted by Crippen LogP contribution is -2.31. The van der Waals surface area contributed by atoms with E-state index in [1.807, 2.05) is 0 Å². The minimum absolute atomic E-state index is 0.0665. The van der Waals surface area contributed by atoms with Crippen molar-refractivity contribution in [3.8, 4) is 0 Å². The lowest BCUT2D eigenvalue weighted by atomic mass is 10.3. The van der Waals surface area contributed by atoms with E-state index in [9.17, 15) is 9.59 Å². The van der Waals surface area contributed by atoms with Gasteiger partial charge in [-0.1, -0.05) is 12.2 Å². The average molecular weight is 180 g/mol. The van der Waals surface area contributed by atoms with Crippen LogP contribution in [0.4, 0.5) is 0 Å². The summed E-state index contributed by atoms with van der Waals surface area (Å²) in [7, 11) is 0.